The van der Waals surface area contributed by atoms with E-state index in [1.807, 2.05) is 11.9 Å². The number of pyridine rings is 1. The van der Waals surface area contributed by atoms with Crippen LogP contribution in [0.15, 0.2) is 18.3 Å². The molecule has 1 unspecified atom stereocenters. The molecule has 0 amide bonds. The zero-order valence-electron chi connectivity index (χ0n) is 9.39. The van der Waals surface area contributed by atoms with Gasteiger partial charge in [0.1, 0.15) is 11.9 Å². The van der Waals surface area contributed by atoms with Gasteiger partial charge in [0.2, 0.25) is 0 Å². The minimum atomic E-state index is 0.554. The van der Waals surface area contributed by atoms with Crippen molar-refractivity contribution in [1.29, 1.82) is 5.26 Å². The van der Waals surface area contributed by atoms with Crippen LogP contribution in [0.5, 0.6) is 0 Å². The standard InChI is InChI=1S/C12H15N3O/c1-15(8-10-4-6-16-9-10)12-11(7-13)3-2-5-14-12/h2-3,5,10H,4,6,8-9H2,1H3. The Morgan fingerprint density at radius 2 is 2.56 bits per heavy atom. The summed E-state index contributed by atoms with van der Waals surface area (Å²) in [4.78, 5) is 6.29. The van der Waals surface area contributed by atoms with Gasteiger partial charge in [0, 0.05) is 32.3 Å². The van der Waals surface area contributed by atoms with Crippen LogP contribution in [0.2, 0.25) is 0 Å². The predicted octanol–water partition coefficient (Wildman–Crippen LogP) is 1.43. The van der Waals surface area contributed by atoms with Gasteiger partial charge in [0.05, 0.1) is 12.2 Å². The van der Waals surface area contributed by atoms with Gasteiger partial charge in [-0.05, 0) is 18.6 Å². The van der Waals surface area contributed by atoms with Gasteiger partial charge in [-0.2, -0.15) is 5.26 Å². The van der Waals surface area contributed by atoms with Crippen LogP contribution < -0.4 is 4.90 Å². The van der Waals surface area contributed by atoms with Gasteiger partial charge in [-0.15, -0.1) is 0 Å². The normalized spacial score (nSPS) is 19.4. The molecule has 1 fully saturated rings. The van der Waals surface area contributed by atoms with Crippen LogP contribution in [0, 0.1) is 17.2 Å². The van der Waals surface area contributed by atoms with Crippen molar-refractivity contribution < 1.29 is 4.74 Å². The first-order chi connectivity index (χ1) is 7.81. The summed E-state index contributed by atoms with van der Waals surface area (Å²) >= 11 is 0. The number of ether oxygens (including phenoxy) is 1. The Bertz CT molecular complexity index is 393. The van der Waals surface area contributed by atoms with Crippen LogP contribution in [0.25, 0.3) is 0 Å². The maximum atomic E-state index is 8.99. The zero-order valence-corrected chi connectivity index (χ0v) is 9.39. The van der Waals surface area contributed by atoms with Crippen molar-refractivity contribution in [3.8, 4) is 6.07 Å². The van der Waals surface area contributed by atoms with E-state index in [0.717, 1.165) is 32.0 Å². The van der Waals surface area contributed by atoms with E-state index in [-0.39, 0.29) is 0 Å². The second-order valence-electron chi connectivity index (χ2n) is 4.10. The van der Waals surface area contributed by atoms with Gasteiger partial charge < -0.3 is 9.64 Å². The molecule has 0 saturated carbocycles. The number of rotatable bonds is 3. The van der Waals surface area contributed by atoms with Crippen molar-refractivity contribution in [2.24, 2.45) is 5.92 Å². The summed E-state index contributed by atoms with van der Waals surface area (Å²) in [6, 6.07) is 5.75. The number of aromatic nitrogens is 1. The van der Waals surface area contributed by atoms with E-state index in [2.05, 4.69) is 11.1 Å². The van der Waals surface area contributed by atoms with Gasteiger partial charge in [-0.1, -0.05) is 0 Å². The van der Waals surface area contributed by atoms with Crippen molar-refractivity contribution in [1.82, 2.24) is 4.98 Å². The Labute approximate surface area is 95.5 Å². The lowest BCUT2D eigenvalue weighted by Gasteiger charge is -2.21. The minimum Gasteiger partial charge on any atom is -0.381 e. The fourth-order valence-corrected chi connectivity index (χ4v) is 1.99. The van der Waals surface area contributed by atoms with Gasteiger partial charge in [-0.3, -0.25) is 0 Å². The fourth-order valence-electron chi connectivity index (χ4n) is 1.99. The largest absolute Gasteiger partial charge is 0.381 e. The second kappa shape index (κ2) is 4.95. The van der Waals surface area contributed by atoms with Crippen molar-refractivity contribution in [2.75, 3.05) is 31.7 Å². The van der Waals surface area contributed by atoms with Crippen LogP contribution in [0.1, 0.15) is 12.0 Å². The molecule has 0 spiro atoms. The van der Waals surface area contributed by atoms with E-state index in [1.165, 1.54) is 0 Å². The second-order valence-corrected chi connectivity index (χ2v) is 4.10. The highest BCUT2D eigenvalue weighted by Gasteiger charge is 2.19. The summed E-state index contributed by atoms with van der Waals surface area (Å²) in [5.74, 6) is 1.32. The minimum absolute atomic E-state index is 0.554. The smallest absolute Gasteiger partial charge is 0.146 e. The number of anilines is 1. The topological polar surface area (TPSA) is 49.1 Å². The molecule has 2 rings (SSSR count). The molecule has 1 atom stereocenters. The van der Waals surface area contributed by atoms with Crippen LogP contribution in [0.4, 0.5) is 5.82 Å². The third kappa shape index (κ3) is 2.31. The van der Waals surface area contributed by atoms with Gasteiger partial charge in [-0.25, -0.2) is 4.98 Å². The molecule has 0 bridgehead atoms. The van der Waals surface area contributed by atoms with Crippen LogP contribution in [0.3, 0.4) is 0 Å². The molecule has 84 valence electrons. The molecule has 0 aliphatic carbocycles. The summed E-state index contributed by atoms with van der Waals surface area (Å²) in [5, 5.41) is 8.99. The average Bonchev–Trinajstić information content (AvgIpc) is 2.81. The molecule has 0 N–H and O–H groups in total. The number of nitrogens with zero attached hydrogens (tertiary/aromatic N) is 3. The Kier molecular flexibility index (Phi) is 3.37. The Morgan fingerprint density at radius 3 is 3.25 bits per heavy atom. The van der Waals surface area contributed by atoms with Crippen LogP contribution in [-0.4, -0.2) is 31.8 Å². The zero-order chi connectivity index (χ0) is 11.4. The molecule has 1 aromatic heterocycles. The molecule has 1 saturated heterocycles. The van der Waals surface area contributed by atoms with Crippen molar-refractivity contribution in [2.45, 2.75) is 6.42 Å². The molecule has 4 heteroatoms. The van der Waals surface area contributed by atoms with E-state index in [0.29, 0.717) is 11.5 Å². The monoisotopic (exact) mass is 217 g/mol. The molecule has 2 heterocycles. The lowest BCUT2D eigenvalue weighted by Crippen LogP contribution is -2.27. The SMILES string of the molecule is CN(CC1CCOC1)c1ncccc1C#N. The highest BCUT2D eigenvalue weighted by molar-refractivity contribution is 5.52. The third-order valence-corrected chi connectivity index (χ3v) is 2.82. The van der Waals surface area contributed by atoms with Crippen molar-refractivity contribution >= 4 is 5.82 Å². The molecule has 0 radical (unpaired) electrons. The maximum Gasteiger partial charge on any atom is 0.146 e. The van der Waals surface area contributed by atoms with E-state index in [1.54, 1.807) is 18.3 Å². The summed E-state index contributed by atoms with van der Waals surface area (Å²) in [6.45, 7) is 2.57. The molecule has 1 aromatic rings. The van der Waals surface area contributed by atoms with Gasteiger partial charge >= 0.3 is 0 Å². The van der Waals surface area contributed by atoms with Gasteiger partial charge in [0.25, 0.3) is 0 Å². The first kappa shape index (κ1) is 10.9. The van der Waals surface area contributed by atoms with Crippen LogP contribution in [-0.2, 0) is 4.74 Å². The highest BCUT2D eigenvalue weighted by Crippen LogP contribution is 2.19. The Morgan fingerprint density at radius 1 is 1.69 bits per heavy atom. The molecule has 1 aliphatic rings. The molecule has 0 aromatic carbocycles. The first-order valence-electron chi connectivity index (χ1n) is 5.45. The molecular weight excluding hydrogens is 202 g/mol. The lowest BCUT2D eigenvalue weighted by molar-refractivity contribution is 0.186. The quantitative estimate of drug-likeness (QED) is 0.768. The molecule has 1 aliphatic heterocycles. The Hall–Kier alpha value is -1.60. The summed E-state index contributed by atoms with van der Waals surface area (Å²) in [7, 11) is 1.97. The first-order valence-corrected chi connectivity index (χ1v) is 5.45. The van der Waals surface area contributed by atoms with E-state index >= 15 is 0 Å². The lowest BCUT2D eigenvalue weighted by atomic mass is 10.1. The number of hydrogen-bond donors (Lipinski definition) is 0. The van der Waals surface area contributed by atoms with E-state index in [9.17, 15) is 0 Å². The molecule has 4 nitrogen and oxygen atoms in total. The van der Waals surface area contributed by atoms with Crippen molar-refractivity contribution in [3.63, 3.8) is 0 Å². The summed E-state index contributed by atoms with van der Waals surface area (Å²) < 4.78 is 5.34. The number of nitriles is 1. The average molecular weight is 217 g/mol. The number of hydrogen-bond acceptors (Lipinski definition) is 4. The van der Waals surface area contributed by atoms with Gasteiger partial charge in [0.15, 0.2) is 0 Å². The van der Waals surface area contributed by atoms with E-state index in [4.69, 9.17) is 10.00 Å². The summed E-state index contributed by atoms with van der Waals surface area (Å²) in [6.07, 6.45) is 2.82. The third-order valence-electron chi connectivity index (χ3n) is 2.82. The van der Waals surface area contributed by atoms with Crippen molar-refractivity contribution in [3.05, 3.63) is 23.9 Å². The Balaban J connectivity index is 2.08. The van der Waals surface area contributed by atoms with E-state index < -0.39 is 0 Å². The predicted molar refractivity (Wildman–Crippen MR) is 61.1 cm³/mol. The highest BCUT2D eigenvalue weighted by atomic mass is 16.5. The van der Waals surface area contributed by atoms with Crippen LogP contribution >= 0.6 is 0 Å². The maximum absolute atomic E-state index is 8.99. The summed E-state index contributed by atoms with van der Waals surface area (Å²) in [5.41, 5.74) is 0.629. The molecule has 16 heavy (non-hydrogen) atoms. The molecular formula is C12H15N3O. The fraction of sp³-hybridized carbons (Fsp3) is 0.500.